The number of carbonyl (C=O) groups is 2. The van der Waals surface area contributed by atoms with E-state index in [1.54, 1.807) is 36.4 Å². The van der Waals surface area contributed by atoms with Crippen molar-refractivity contribution >= 4 is 40.0 Å². The molecule has 0 aliphatic carbocycles. The van der Waals surface area contributed by atoms with Crippen LogP contribution in [0.15, 0.2) is 66.7 Å². The van der Waals surface area contributed by atoms with Gasteiger partial charge in [0.05, 0.1) is 16.8 Å². The Kier molecular flexibility index (Phi) is 9.98. The number of pyridine rings is 1. The zero-order valence-electron chi connectivity index (χ0n) is 21.1. The highest BCUT2D eigenvalue weighted by Gasteiger charge is 2.17. The first-order valence-corrected chi connectivity index (χ1v) is 12.1. The van der Waals surface area contributed by atoms with Crippen molar-refractivity contribution in [3.8, 4) is 11.3 Å². The molecule has 0 saturated carbocycles. The lowest BCUT2D eigenvalue weighted by molar-refractivity contribution is 0.0998. The van der Waals surface area contributed by atoms with Crippen LogP contribution in [0.1, 0.15) is 59.5 Å². The van der Waals surface area contributed by atoms with Crippen molar-refractivity contribution in [2.24, 2.45) is 5.73 Å². The van der Waals surface area contributed by atoms with Gasteiger partial charge in [-0.05, 0) is 61.9 Å². The Balaban J connectivity index is 0.00000103. The van der Waals surface area contributed by atoms with Gasteiger partial charge in [0.15, 0.2) is 0 Å². The summed E-state index contributed by atoms with van der Waals surface area (Å²) >= 11 is 6.40. The number of halogens is 1. The molecule has 0 fully saturated rings. The summed E-state index contributed by atoms with van der Waals surface area (Å²) in [5.74, 6) is -0.800. The molecule has 0 aliphatic heterocycles. The van der Waals surface area contributed by atoms with Crippen LogP contribution in [-0.2, 0) is 0 Å². The van der Waals surface area contributed by atoms with Crippen LogP contribution < -0.4 is 11.1 Å². The third kappa shape index (κ3) is 6.46. The van der Waals surface area contributed by atoms with Crippen molar-refractivity contribution in [3.05, 3.63) is 94.0 Å². The van der Waals surface area contributed by atoms with E-state index in [-0.39, 0.29) is 5.91 Å². The lowest BCUT2D eigenvalue weighted by atomic mass is 9.99. The Morgan fingerprint density at radius 2 is 1.51 bits per heavy atom. The number of primary amides is 1. The molecular formula is C29H32ClN3O2. The normalized spacial score (nSPS) is 9.91. The number of nitrogens with two attached hydrogens (primary N) is 1. The van der Waals surface area contributed by atoms with E-state index in [9.17, 15) is 9.59 Å². The third-order valence-electron chi connectivity index (χ3n) is 5.07. The average molecular weight is 490 g/mol. The van der Waals surface area contributed by atoms with E-state index in [4.69, 9.17) is 22.3 Å². The fourth-order valence-corrected chi connectivity index (χ4v) is 3.82. The summed E-state index contributed by atoms with van der Waals surface area (Å²) < 4.78 is 0. The number of hydrogen-bond acceptors (Lipinski definition) is 3. The first-order valence-electron chi connectivity index (χ1n) is 11.7. The van der Waals surface area contributed by atoms with Crippen molar-refractivity contribution in [2.75, 3.05) is 5.32 Å². The molecule has 0 radical (unpaired) electrons. The summed E-state index contributed by atoms with van der Waals surface area (Å²) in [7, 11) is 0. The molecule has 35 heavy (non-hydrogen) atoms. The van der Waals surface area contributed by atoms with E-state index < -0.39 is 5.91 Å². The monoisotopic (exact) mass is 489 g/mol. The minimum absolute atomic E-state index is 0.280. The van der Waals surface area contributed by atoms with Crippen LogP contribution >= 0.6 is 11.6 Å². The minimum Gasteiger partial charge on any atom is -0.366 e. The highest BCUT2D eigenvalue weighted by Crippen LogP contribution is 2.31. The molecule has 4 rings (SSSR count). The molecule has 0 bridgehead atoms. The fraction of sp³-hybridized carbons (Fsp3) is 0.207. The molecule has 1 aromatic heterocycles. The molecule has 6 heteroatoms. The maximum Gasteiger partial charge on any atom is 0.256 e. The second-order valence-corrected chi connectivity index (χ2v) is 7.82. The molecule has 3 N–H and O–H groups in total. The van der Waals surface area contributed by atoms with Gasteiger partial charge in [-0.2, -0.15) is 0 Å². The van der Waals surface area contributed by atoms with Crippen LogP contribution in [0, 0.1) is 13.8 Å². The van der Waals surface area contributed by atoms with Gasteiger partial charge >= 0.3 is 0 Å². The Labute approximate surface area is 212 Å². The summed E-state index contributed by atoms with van der Waals surface area (Å²) in [4.78, 5) is 29.4. The van der Waals surface area contributed by atoms with Crippen LogP contribution in [0.25, 0.3) is 22.2 Å². The fourth-order valence-electron chi connectivity index (χ4n) is 3.59. The lowest BCUT2D eigenvalue weighted by Gasteiger charge is -2.14. The van der Waals surface area contributed by atoms with Gasteiger partial charge in [-0.1, -0.05) is 69.1 Å². The summed E-state index contributed by atoms with van der Waals surface area (Å²) in [6.07, 6.45) is 0. The number of aromatic nitrogens is 1. The SMILES string of the molecule is CC.CC.Cc1cc(C)c2nc(-c3ccccc3Cl)cc(C(=O)Nc3ccc(C(N)=O)cc3)c2c1. The van der Waals surface area contributed by atoms with Crippen molar-refractivity contribution in [1.82, 2.24) is 4.98 Å². The van der Waals surface area contributed by atoms with Gasteiger partial charge in [-0.25, -0.2) is 4.98 Å². The molecule has 0 saturated heterocycles. The van der Waals surface area contributed by atoms with Gasteiger partial charge < -0.3 is 11.1 Å². The van der Waals surface area contributed by atoms with Crippen molar-refractivity contribution in [3.63, 3.8) is 0 Å². The molecule has 182 valence electrons. The predicted molar refractivity (Wildman–Crippen MR) is 147 cm³/mol. The zero-order chi connectivity index (χ0) is 26.1. The van der Waals surface area contributed by atoms with E-state index in [2.05, 4.69) is 5.32 Å². The van der Waals surface area contributed by atoms with Crippen LogP contribution in [0.2, 0.25) is 5.02 Å². The van der Waals surface area contributed by atoms with E-state index in [0.29, 0.717) is 27.5 Å². The van der Waals surface area contributed by atoms with Crippen LogP contribution in [-0.4, -0.2) is 16.8 Å². The molecule has 1 heterocycles. The summed E-state index contributed by atoms with van der Waals surface area (Å²) in [6.45, 7) is 12.0. The van der Waals surface area contributed by atoms with E-state index in [0.717, 1.165) is 27.6 Å². The number of hydrogen-bond donors (Lipinski definition) is 2. The summed E-state index contributed by atoms with van der Waals surface area (Å²) in [5.41, 5.74) is 10.9. The molecule has 0 aliphatic rings. The number of benzene rings is 3. The highest BCUT2D eigenvalue weighted by atomic mass is 35.5. The summed E-state index contributed by atoms with van der Waals surface area (Å²) in [5, 5.41) is 4.22. The molecule has 0 spiro atoms. The standard InChI is InChI=1S/C25H20ClN3O2.2C2H6/c1-14-11-15(2)23-19(12-14)20(13-22(29-23)18-5-3-4-6-21(18)26)25(31)28-17-9-7-16(8-10-17)24(27)30;2*1-2/h3-13H,1-2H3,(H2,27,30)(H,28,31);2*1-2H3. The van der Waals surface area contributed by atoms with Crippen molar-refractivity contribution in [2.45, 2.75) is 41.5 Å². The van der Waals surface area contributed by atoms with E-state index in [1.807, 2.05) is 71.9 Å². The van der Waals surface area contributed by atoms with Gasteiger partial charge in [0, 0.05) is 27.2 Å². The number of rotatable bonds is 4. The largest absolute Gasteiger partial charge is 0.366 e. The first kappa shape index (κ1) is 27.5. The number of aryl methyl sites for hydroxylation is 2. The quantitative estimate of drug-likeness (QED) is 0.310. The number of carbonyl (C=O) groups excluding carboxylic acids is 2. The Bertz CT molecular complexity index is 1330. The van der Waals surface area contributed by atoms with Gasteiger partial charge in [-0.15, -0.1) is 0 Å². The Morgan fingerprint density at radius 1 is 0.886 bits per heavy atom. The van der Waals surface area contributed by atoms with Crippen LogP contribution in [0.3, 0.4) is 0 Å². The maximum absolute atomic E-state index is 13.3. The second-order valence-electron chi connectivity index (χ2n) is 7.41. The number of amides is 2. The van der Waals surface area contributed by atoms with Crippen molar-refractivity contribution in [1.29, 1.82) is 0 Å². The lowest BCUT2D eigenvalue weighted by Crippen LogP contribution is -2.14. The van der Waals surface area contributed by atoms with Crippen molar-refractivity contribution < 1.29 is 9.59 Å². The van der Waals surface area contributed by atoms with Gasteiger partial charge in [-0.3, -0.25) is 9.59 Å². The first-order chi connectivity index (χ1) is 16.8. The highest BCUT2D eigenvalue weighted by molar-refractivity contribution is 6.33. The molecule has 0 unspecified atom stereocenters. The van der Waals surface area contributed by atoms with E-state index >= 15 is 0 Å². The average Bonchev–Trinajstić information content (AvgIpc) is 2.86. The Hall–Kier alpha value is -3.70. The Morgan fingerprint density at radius 3 is 2.11 bits per heavy atom. The predicted octanol–water partition coefficient (Wildman–Crippen LogP) is 7.58. The van der Waals surface area contributed by atoms with E-state index in [1.165, 1.54) is 0 Å². The number of nitrogens with one attached hydrogen (secondary N) is 1. The number of nitrogens with zero attached hydrogens (tertiary/aromatic N) is 1. The topological polar surface area (TPSA) is 85.1 Å². The molecule has 2 amide bonds. The molecule has 3 aromatic carbocycles. The zero-order valence-corrected chi connectivity index (χ0v) is 21.8. The number of fused-ring (bicyclic) bond motifs is 1. The smallest absolute Gasteiger partial charge is 0.256 e. The van der Waals surface area contributed by atoms with Gasteiger partial charge in [0.25, 0.3) is 5.91 Å². The van der Waals surface area contributed by atoms with Gasteiger partial charge in [0.1, 0.15) is 0 Å². The van der Waals surface area contributed by atoms with Crippen LogP contribution in [0.5, 0.6) is 0 Å². The molecule has 0 atom stereocenters. The third-order valence-corrected chi connectivity index (χ3v) is 5.40. The second kappa shape index (κ2) is 12.7. The molecular weight excluding hydrogens is 458 g/mol. The minimum atomic E-state index is -0.520. The van der Waals surface area contributed by atoms with Gasteiger partial charge in [0.2, 0.25) is 5.91 Å². The van der Waals surface area contributed by atoms with Crippen LogP contribution in [0.4, 0.5) is 5.69 Å². The molecule has 4 aromatic rings. The number of anilines is 1. The maximum atomic E-state index is 13.3. The molecule has 5 nitrogen and oxygen atoms in total. The summed E-state index contributed by atoms with van der Waals surface area (Å²) in [6, 6.07) is 19.6.